The first kappa shape index (κ1) is 22.5. The Bertz CT molecular complexity index is 1320. The Hall–Kier alpha value is -3.72. The maximum Gasteiger partial charge on any atom is 0.261 e. The standard InChI is InChI=1S/C24H20F2N2O4S/c25-22-10-9-21(15-23(22)26)33(31,32)27-19-5-1-18(2-6-19)24(30)28-13-11-17(12-14-28)16-3-7-20(29)8-4-16/h1-11,15,27,29H,12-14H2. The number of sulfonamides is 1. The summed E-state index contributed by atoms with van der Waals surface area (Å²) in [6, 6.07) is 15.1. The van der Waals surface area contributed by atoms with Crippen molar-refractivity contribution in [3.8, 4) is 5.75 Å². The van der Waals surface area contributed by atoms with Crippen molar-refractivity contribution in [2.24, 2.45) is 0 Å². The molecule has 0 spiro atoms. The first-order chi connectivity index (χ1) is 15.7. The molecule has 0 unspecified atom stereocenters. The average Bonchev–Trinajstić information content (AvgIpc) is 2.81. The zero-order valence-corrected chi connectivity index (χ0v) is 18.1. The van der Waals surface area contributed by atoms with E-state index in [2.05, 4.69) is 4.72 Å². The van der Waals surface area contributed by atoms with Gasteiger partial charge in [0.1, 0.15) is 5.75 Å². The van der Waals surface area contributed by atoms with Crippen molar-refractivity contribution in [3.63, 3.8) is 0 Å². The molecule has 3 aromatic carbocycles. The average molecular weight is 470 g/mol. The molecule has 0 radical (unpaired) electrons. The molecule has 1 heterocycles. The number of aromatic hydroxyl groups is 1. The van der Waals surface area contributed by atoms with E-state index in [4.69, 9.17) is 0 Å². The van der Waals surface area contributed by atoms with Crippen LogP contribution in [0.15, 0.2) is 77.7 Å². The van der Waals surface area contributed by atoms with Crippen LogP contribution in [0.1, 0.15) is 22.3 Å². The van der Waals surface area contributed by atoms with Gasteiger partial charge in [-0.15, -0.1) is 0 Å². The molecule has 170 valence electrons. The third-order valence-corrected chi connectivity index (χ3v) is 6.70. The van der Waals surface area contributed by atoms with Crippen LogP contribution in [0, 0.1) is 11.6 Å². The highest BCUT2D eigenvalue weighted by Crippen LogP contribution is 2.25. The van der Waals surface area contributed by atoms with Crippen LogP contribution in [0.4, 0.5) is 14.5 Å². The predicted octanol–water partition coefficient (Wildman–Crippen LogP) is 4.40. The van der Waals surface area contributed by atoms with Crippen LogP contribution < -0.4 is 4.72 Å². The van der Waals surface area contributed by atoms with E-state index in [1.54, 1.807) is 17.0 Å². The SMILES string of the molecule is O=C(c1ccc(NS(=O)(=O)c2ccc(F)c(F)c2)cc1)N1CC=C(c2ccc(O)cc2)CC1. The van der Waals surface area contributed by atoms with Crippen LogP contribution in [0.25, 0.3) is 5.57 Å². The molecule has 1 aliphatic rings. The van der Waals surface area contributed by atoms with Gasteiger partial charge in [0.15, 0.2) is 11.6 Å². The number of halogens is 2. The summed E-state index contributed by atoms with van der Waals surface area (Å²) in [5.41, 5.74) is 2.68. The molecular weight excluding hydrogens is 450 g/mol. The Morgan fingerprint density at radius 1 is 0.939 bits per heavy atom. The Morgan fingerprint density at radius 2 is 1.64 bits per heavy atom. The van der Waals surface area contributed by atoms with Crippen molar-refractivity contribution in [1.29, 1.82) is 0 Å². The van der Waals surface area contributed by atoms with Gasteiger partial charge in [0.2, 0.25) is 0 Å². The maximum atomic E-state index is 13.4. The third-order valence-electron chi connectivity index (χ3n) is 5.32. The Morgan fingerprint density at radius 3 is 2.24 bits per heavy atom. The monoisotopic (exact) mass is 470 g/mol. The molecule has 9 heteroatoms. The summed E-state index contributed by atoms with van der Waals surface area (Å²) in [6.07, 6.45) is 2.64. The lowest BCUT2D eigenvalue weighted by atomic mass is 9.99. The number of amides is 1. The molecule has 3 aromatic rings. The van der Waals surface area contributed by atoms with E-state index in [0.717, 1.165) is 23.3 Å². The van der Waals surface area contributed by atoms with E-state index in [1.807, 2.05) is 18.2 Å². The number of hydrogen-bond donors (Lipinski definition) is 2. The van der Waals surface area contributed by atoms with Crippen molar-refractivity contribution in [1.82, 2.24) is 4.90 Å². The van der Waals surface area contributed by atoms with Crippen LogP contribution in [-0.2, 0) is 10.0 Å². The molecule has 6 nitrogen and oxygen atoms in total. The Kier molecular flexibility index (Phi) is 6.15. The minimum absolute atomic E-state index is 0.185. The first-order valence-electron chi connectivity index (χ1n) is 10.1. The van der Waals surface area contributed by atoms with E-state index in [9.17, 15) is 27.1 Å². The Labute approximate surface area is 189 Å². The van der Waals surface area contributed by atoms with Gasteiger partial charge in [-0.3, -0.25) is 9.52 Å². The largest absolute Gasteiger partial charge is 0.508 e. The third kappa shape index (κ3) is 5.04. The predicted molar refractivity (Wildman–Crippen MR) is 120 cm³/mol. The molecule has 0 saturated heterocycles. The van der Waals surface area contributed by atoms with Gasteiger partial charge in [0.05, 0.1) is 4.90 Å². The molecular formula is C24H20F2N2O4S. The number of nitrogens with zero attached hydrogens (tertiary/aromatic N) is 1. The van der Waals surface area contributed by atoms with Crippen LogP contribution in [-0.4, -0.2) is 37.4 Å². The zero-order chi connectivity index (χ0) is 23.6. The summed E-state index contributed by atoms with van der Waals surface area (Å²) in [7, 11) is -4.12. The minimum Gasteiger partial charge on any atom is -0.508 e. The number of benzene rings is 3. The lowest BCUT2D eigenvalue weighted by Gasteiger charge is -2.27. The summed E-state index contributed by atoms with van der Waals surface area (Å²) in [5.74, 6) is -2.39. The van der Waals surface area contributed by atoms with E-state index in [1.165, 1.54) is 24.3 Å². The fourth-order valence-corrected chi connectivity index (χ4v) is 4.58. The summed E-state index contributed by atoms with van der Waals surface area (Å²) in [5, 5.41) is 9.42. The number of phenolic OH excluding ortho intramolecular Hbond substituents is 1. The quantitative estimate of drug-likeness (QED) is 0.579. The van der Waals surface area contributed by atoms with Crippen molar-refractivity contribution in [2.75, 3.05) is 17.8 Å². The number of nitrogens with one attached hydrogen (secondary N) is 1. The number of anilines is 1. The van der Waals surface area contributed by atoms with E-state index in [0.29, 0.717) is 31.1 Å². The first-order valence-corrected chi connectivity index (χ1v) is 11.6. The highest BCUT2D eigenvalue weighted by molar-refractivity contribution is 7.92. The summed E-state index contributed by atoms with van der Waals surface area (Å²) >= 11 is 0. The molecule has 1 amide bonds. The molecule has 33 heavy (non-hydrogen) atoms. The minimum atomic E-state index is -4.12. The fraction of sp³-hybridized carbons (Fsp3) is 0.125. The maximum absolute atomic E-state index is 13.4. The van der Waals surface area contributed by atoms with E-state index >= 15 is 0 Å². The van der Waals surface area contributed by atoms with Gasteiger partial charge in [-0.2, -0.15) is 0 Å². The number of carbonyl (C=O) groups excluding carboxylic acids is 1. The molecule has 0 atom stereocenters. The molecule has 2 N–H and O–H groups in total. The second kappa shape index (κ2) is 9.03. The van der Waals surface area contributed by atoms with Crippen LogP contribution in [0.3, 0.4) is 0 Å². The van der Waals surface area contributed by atoms with Gasteiger partial charge in [-0.1, -0.05) is 18.2 Å². The van der Waals surface area contributed by atoms with Crippen molar-refractivity contribution in [3.05, 3.63) is 95.6 Å². The molecule has 0 fully saturated rings. The van der Waals surface area contributed by atoms with E-state index in [-0.39, 0.29) is 17.3 Å². The normalized spacial score (nSPS) is 14.0. The van der Waals surface area contributed by atoms with Gasteiger partial charge < -0.3 is 10.0 Å². The smallest absolute Gasteiger partial charge is 0.261 e. The number of rotatable bonds is 5. The fourth-order valence-electron chi connectivity index (χ4n) is 3.51. The molecule has 0 bridgehead atoms. The van der Waals surface area contributed by atoms with Crippen molar-refractivity contribution in [2.45, 2.75) is 11.3 Å². The second-order valence-electron chi connectivity index (χ2n) is 7.54. The summed E-state index contributed by atoms with van der Waals surface area (Å²) < 4.78 is 53.5. The number of hydrogen-bond acceptors (Lipinski definition) is 4. The molecule has 0 aromatic heterocycles. The lowest BCUT2D eigenvalue weighted by Crippen LogP contribution is -2.34. The lowest BCUT2D eigenvalue weighted by molar-refractivity contribution is 0.0773. The molecule has 4 rings (SSSR count). The van der Waals surface area contributed by atoms with Crippen LogP contribution in [0.2, 0.25) is 0 Å². The zero-order valence-electron chi connectivity index (χ0n) is 17.3. The number of carbonyl (C=O) groups is 1. The molecule has 0 saturated carbocycles. The van der Waals surface area contributed by atoms with Crippen molar-refractivity contribution < 1.29 is 27.1 Å². The van der Waals surface area contributed by atoms with Gasteiger partial charge >= 0.3 is 0 Å². The Balaban J connectivity index is 1.42. The molecule has 1 aliphatic heterocycles. The summed E-state index contributed by atoms with van der Waals surface area (Å²) in [4.78, 5) is 14.1. The van der Waals surface area contributed by atoms with Gasteiger partial charge in [0, 0.05) is 24.3 Å². The van der Waals surface area contributed by atoms with Gasteiger partial charge in [-0.25, -0.2) is 17.2 Å². The second-order valence-corrected chi connectivity index (χ2v) is 9.22. The van der Waals surface area contributed by atoms with Crippen LogP contribution >= 0.6 is 0 Å². The van der Waals surface area contributed by atoms with Gasteiger partial charge in [-0.05, 0) is 72.2 Å². The van der Waals surface area contributed by atoms with Crippen molar-refractivity contribution >= 4 is 27.2 Å². The topological polar surface area (TPSA) is 86.7 Å². The van der Waals surface area contributed by atoms with Crippen LogP contribution in [0.5, 0.6) is 5.75 Å². The van der Waals surface area contributed by atoms with Gasteiger partial charge in [0.25, 0.3) is 15.9 Å². The summed E-state index contributed by atoms with van der Waals surface area (Å²) in [6.45, 7) is 0.954. The van der Waals surface area contributed by atoms with E-state index < -0.39 is 26.6 Å². The highest BCUT2D eigenvalue weighted by atomic mass is 32.2. The molecule has 0 aliphatic carbocycles. The highest BCUT2D eigenvalue weighted by Gasteiger charge is 2.20. The number of phenols is 1.